The lowest BCUT2D eigenvalue weighted by Crippen LogP contribution is -1.79. The zero-order valence-corrected chi connectivity index (χ0v) is 6.11. The number of aryl methyl sites for hydroxylation is 1. The molecule has 1 N–H and O–H groups in total. The van der Waals surface area contributed by atoms with Crippen LogP contribution in [0.3, 0.4) is 0 Å². The van der Waals surface area contributed by atoms with E-state index in [4.69, 9.17) is 16.7 Å². The molecule has 0 saturated heterocycles. The van der Waals surface area contributed by atoms with Gasteiger partial charge in [0.25, 0.3) is 0 Å². The summed E-state index contributed by atoms with van der Waals surface area (Å²) in [4.78, 5) is 0. The Bertz CT molecular complexity index is 237. The summed E-state index contributed by atoms with van der Waals surface area (Å²) >= 11 is 5.32. The topological polar surface area (TPSA) is 20.2 Å². The van der Waals surface area contributed by atoms with Gasteiger partial charge in [-0.1, -0.05) is 11.6 Å². The van der Waals surface area contributed by atoms with E-state index in [1.54, 1.807) is 6.92 Å². The first-order chi connectivity index (χ1) is 4.61. The van der Waals surface area contributed by atoms with E-state index in [0.29, 0.717) is 5.56 Å². The van der Waals surface area contributed by atoms with Crippen molar-refractivity contribution in [3.05, 3.63) is 28.5 Å². The summed E-state index contributed by atoms with van der Waals surface area (Å²) in [6.07, 6.45) is 0. The van der Waals surface area contributed by atoms with Gasteiger partial charge in [0, 0.05) is 0 Å². The highest BCUT2D eigenvalue weighted by Crippen LogP contribution is 2.26. The van der Waals surface area contributed by atoms with Gasteiger partial charge in [-0.3, -0.25) is 0 Å². The lowest BCUT2D eigenvalue weighted by Gasteiger charge is -1.98. The summed E-state index contributed by atoms with van der Waals surface area (Å²) < 4.78 is 12.5. The number of phenols is 1. The van der Waals surface area contributed by atoms with E-state index in [9.17, 15) is 4.39 Å². The molecule has 0 unspecified atom stereocenters. The molecule has 10 heavy (non-hydrogen) atoms. The van der Waals surface area contributed by atoms with E-state index < -0.39 is 5.82 Å². The Morgan fingerprint density at radius 3 is 2.60 bits per heavy atom. The number of hydrogen-bond donors (Lipinski definition) is 1. The molecule has 1 nitrogen and oxygen atoms in total. The quantitative estimate of drug-likeness (QED) is 0.618. The van der Waals surface area contributed by atoms with Crippen molar-refractivity contribution in [3.8, 4) is 5.75 Å². The third kappa shape index (κ3) is 1.21. The number of rotatable bonds is 0. The fraction of sp³-hybridized carbons (Fsp3) is 0.143. The van der Waals surface area contributed by atoms with Crippen LogP contribution in [0.25, 0.3) is 0 Å². The van der Waals surface area contributed by atoms with E-state index in [2.05, 4.69) is 0 Å². The number of aromatic hydroxyl groups is 1. The van der Waals surface area contributed by atoms with Crippen molar-refractivity contribution in [1.29, 1.82) is 0 Å². The van der Waals surface area contributed by atoms with Gasteiger partial charge in [0.15, 0.2) is 0 Å². The predicted molar refractivity (Wildman–Crippen MR) is 37.8 cm³/mol. The lowest BCUT2D eigenvalue weighted by atomic mass is 10.2. The second-order valence-corrected chi connectivity index (χ2v) is 2.46. The Labute approximate surface area is 63.1 Å². The van der Waals surface area contributed by atoms with Crippen molar-refractivity contribution in [2.75, 3.05) is 0 Å². The zero-order chi connectivity index (χ0) is 7.72. The van der Waals surface area contributed by atoms with Crippen LogP contribution >= 0.6 is 11.6 Å². The van der Waals surface area contributed by atoms with Crippen molar-refractivity contribution < 1.29 is 9.50 Å². The summed E-state index contributed by atoms with van der Waals surface area (Å²) in [6.45, 7) is 1.68. The zero-order valence-electron chi connectivity index (χ0n) is 5.36. The molecule has 0 heterocycles. The van der Waals surface area contributed by atoms with E-state index in [-0.39, 0.29) is 10.8 Å². The van der Waals surface area contributed by atoms with E-state index in [1.807, 2.05) is 0 Å². The molecule has 0 aliphatic carbocycles. The largest absolute Gasteiger partial charge is 0.506 e. The van der Waals surface area contributed by atoms with Gasteiger partial charge < -0.3 is 5.11 Å². The van der Waals surface area contributed by atoms with Crippen LogP contribution in [-0.2, 0) is 0 Å². The van der Waals surface area contributed by atoms with Gasteiger partial charge in [0.05, 0.1) is 0 Å². The Kier molecular flexibility index (Phi) is 1.81. The van der Waals surface area contributed by atoms with Gasteiger partial charge in [-0.2, -0.15) is 0 Å². The minimum Gasteiger partial charge on any atom is -0.506 e. The molecule has 0 aliphatic heterocycles. The van der Waals surface area contributed by atoms with Crippen molar-refractivity contribution in [2.24, 2.45) is 0 Å². The molecule has 3 heteroatoms. The molecule has 0 bridgehead atoms. The fourth-order valence-corrected chi connectivity index (χ4v) is 0.815. The minimum atomic E-state index is -0.584. The molecule has 54 valence electrons. The van der Waals surface area contributed by atoms with Gasteiger partial charge >= 0.3 is 0 Å². The number of phenolic OH excluding ortho intramolecular Hbond substituents is 1. The summed E-state index contributed by atoms with van der Waals surface area (Å²) in [7, 11) is 0. The molecule has 0 amide bonds. The predicted octanol–water partition coefficient (Wildman–Crippen LogP) is 2.49. The first kappa shape index (κ1) is 7.35. The molecule has 1 aromatic carbocycles. The van der Waals surface area contributed by atoms with Crippen molar-refractivity contribution in [1.82, 2.24) is 0 Å². The third-order valence-corrected chi connectivity index (χ3v) is 1.53. The molecule has 1 aromatic rings. The summed E-state index contributed by atoms with van der Waals surface area (Å²) in [5.41, 5.74) is 0.652. The van der Waals surface area contributed by atoms with Gasteiger partial charge in [0.1, 0.15) is 16.6 Å². The number of benzene rings is 1. The van der Waals surface area contributed by atoms with Crippen LogP contribution in [-0.4, -0.2) is 5.11 Å². The van der Waals surface area contributed by atoms with Gasteiger partial charge in [-0.05, 0) is 24.6 Å². The maximum atomic E-state index is 12.5. The Morgan fingerprint density at radius 2 is 2.10 bits per heavy atom. The second kappa shape index (κ2) is 2.46. The van der Waals surface area contributed by atoms with E-state index in [0.717, 1.165) is 0 Å². The normalized spacial score (nSPS) is 9.90. The Balaban J connectivity index is 3.31. The van der Waals surface area contributed by atoms with Gasteiger partial charge in [0.2, 0.25) is 0 Å². The van der Waals surface area contributed by atoms with Crippen LogP contribution in [0.4, 0.5) is 4.39 Å². The smallest absolute Gasteiger partial charge is 0.145 e. The van der Waals surface area contributed by atoms with Gasteiger partial charge in [-0.15, -0.1) is 0 Å². The first-order valence-corrected chi connectivity index (χ1v) is 3.13. The van der Waals surface area contributed by atoms with Crippen molar-refractivity contribution in [3.63, 3.8) is 0 Å². The highest BCUT2D eigenvalue weighted by molar-refractivity contribution is 6.32. The van der Waals surface area contributed by atoms with Crippen LogP contribution in [0.1, 0.15) is 5.56 Å². The highest BCUT2D eigenvalue weighted by Gasteiger charge is 2.04. The molecule has 0 saturated carbocycles. The van der Waals surface area contributed by atoms with Crippen LogP contribution in [0.15, 0.2) is 12.1 Å². The van der Waals surface area contributed by atoms with Crippen LogP contribution < -0.4 is 0 Å². The van der Waals surface area contributed by atoms with Crippen LogP contribution in [0.2, 0.25) is 5.02 Å². The molecule has 0 radical (unpaired) electrons. The van der Waals surface area contributed by atoms with Gasteiger partial charge in [-0.25, -0.2) is 4.39 Å². The van der Waals surface area contributed by atoms with Crippen LogP contribution in [0, 0.1) is 12.7 Å². The van der Waals surface area contributed by atoms with Crippen LogP contribution in [0.5, 0.6) is 5.75 Å². The monoisotopic (exact) mass is 160 g/mol. The maximum absolute atomic E-state index is 12.5. The average molecular weight is 161 g/mol. The Morgan fingerprint density at radius 1 is 1.50 bits per heavy atom. The van der Waals surface area contributed by atoms with E-state index in [1.165, 1.54) is 12.1 Å². The van der Waals surface area contributed by atoms with E-state index >= 15 is 0 Å². The third-order valence-electron chi connectivity index (χ3n) is 1.15. The molecule has 1 rings (SSSR count). The second-order valence-electron chi connectivity index (χ2n) is 2.08. The summed E-state index contributed by atoms with van der Waals surface area (Å²) in [6, 6.07) is 2.67. The average Bonchev–Trinajstić information content (AvgIpc) is 1.82. The molecule has 0 aliphatic rings. The number of hydrogen-bond acceptors (Lipinski definition) is 1. The molecule has 0 spiro atoms. The van der Waals surface area contributed by atoms with Crippen molar-refractivity contribution >= 4 is 11.6 Å². The standard InChI is InChI=1S/C7H6ClFO/c1-4-2-5(9)7(8)6(10)3-4/h2-3,10H,1H3. The molecular weight excluding hydrogens is 155 g/mol. The molecule has 0 fully saturated rings. The minimum absolute atomic E-state index is 0.209. The maximum Gasteiger partial charge on any atom is 0.145 e. The molecule has 0 atom stereocenters. The molecular formula is C7H6ClFO. The van der Waals surface area contributed by atoms with Crippen molar-refractivity contribution in [2.45, 2.75) is 6.92 Å². The fourth-order valence-electron chi connectivity index (χ4n) is 0.706. The molecule has 0 aromatic heterocycles. The highest BCUT2D eigenvalue weighted by atomic mass is 35.5. The Hall–Kier alpha value is -0.760. The SMILES string of the molecule is Cc1cc(O)c(Cl)c(F)c1. The first-order valence-electron chi connectivity index (χ1n) is 2.76. The summed E-state index contributed by atoms with van der Waals surface area (Å²) in [5, 5.41) is 8.69. The number of halogens is 2. The summed E-state index contributed by atoms with van der Waals surface area (Å²) in [5.74, 6) is -0.793. The lowest BCUT2D eigenvalue weighted by molar-refractivity contribution is 0.469.